The highest BCUT2D eigenvalue weighted by atomic mass is 33.7. The summed E-state index contributed by atoms with van der Waals surface area (Å²) in [6.45, 7) is 8.03. The van der Waals surface area contributed by atoms with Crippen molar-refractivity contribution in [1.29, 1.82) is 0 Å². The Morgan fingerprint density at radius 2 is 1.61 bits per heavy atom. The van der Waals surface area contributed by atoms with Crippen molar-refractivity contribution >= 4 is 59.0 Å². The van der Waals surface area contributed by atoms with Crippen LogP contribution in [-0.2, 0) is 13.3 Å². The third kappa shape index (κ3) is 9.59. The fourth-order valence-electron chi connectivity index (χ4n) is 1.56. The molecule has 0 aromatic heterocycles. The maximum absolute atomic E-state index is 5.82. The van der Waals surface area contributed by atoms with Crippen LogP contribution in [0, 0.1) is 0 Å². The lowest BCUT2D eigenvalue weighted by atomic mass is 10.6. The second-order valence-corrected chi connectivity index (χ2v) is 15.2. The lowest BCUT2D eigenvalue weighted by Gasteiger charge is -2.28. The molecule has 18 heavy (non-hydrogen) atoms. The van der Waals surface area contributed by atoms with Gasteiger partial charge in [-0.3, -0.25) is 0 Å². The average molecular weight is 365 g/mol. The van der Waals surface area contributed by atoms with Crippen molar-refractivity contribution in [2.45, 2.75) is 39.3 Å². The van der Waals surface area contributed by atoms with E-state index in [1.165, 1.54) is 15.9 Å². The molecule has 0 aromatic carbocycles. The van der Waals surface area contributed by atoms with Gasteiger partial charge in [0.15, 0.2) is 0 Å². The molecule has 0 aliphatic heterocycles. The summed E-state index contributed by atoms with van der Waals surface area (Å²) in [6.07, 6.45) is 1.16. The third-order valence-corrected chi connectivity index (χ3v) is 15.4. The Morgan fingerprint density at radius 3 is 2.06 bits per heavy atom. The summed E-state index contributed by atoms with van der Waals surface area (Å²) in [5.74, 6) is 0. The maximum atomic E-state index is 5.82. The standard InChI is InChI=1S/C9H24O3S4Si2/c1-4-10-18(11-5-2,12-6-3)9-7-8-17-16-15-14-13/h13H,4-9,17H2,1-3H3. The zero-order chi connectivity index (χ0) is 13.7. The van der Waals surface area contributed by atoms with Crippen molar-refractivity contribution in [2.75, 3.05) is 19.8 Å². The Morgan fingerprint density at radius 1 is 1.06 bits per heavy atom. The topological polar surface area (TPSA) is 27.7 Å². The molecule has 0 amide bonds. The summed E-state index contributed by atoms with van der Waals surface area (Å²) in [7, 11) is 2.86. The van der Waals surface area contributed by atoms with E-state index in [1.807, 2.05) is 31.0 Å². The Bertz CT molecular complexity index is 174. The van der Waals surface area contributed by atoms with Crippen LogP contribution in [0.2, 0.25) is 12.1 Å². The van der Waals surface area contributed by atoms with Gasteiger partial charge in [0.2, 0.25) is 0 Å². The minimum atomic E-state index is -2.38. The second kappa shape index (κ2) is 13.7. The van der Waals surface area contributed by atoms with E-state index in [0.717, 1.165) is 12.5 Å². The zero-order valence-electron chi connectivity index (χ0n) is 11.3. The highest BCUT2D eigenvalue weighted by Gasteiger charge is 2.39. The van der Waals surface area contributed by atoms with Crippen molar-refractivity contribution in [1.82, 2.24) is 0 Å². The Labute approximate surface area is 131 Å². The lowest BCUT2D eigenvalue weighted by Crippen LogP contribution is -2.45. The molecule has 0 saturated carbocycles. The van der Waals surface area contributed by atoms with E-state index in [2.05, 4.69) is 11.7 Å². The van der Waals surface area contributed by atoms with Crippen LogP contribution in [0.25, 0.3) is 0 Å². The fraction of sp³-hybridized carbons (Fsp3) is 1.00. The van der Waals surface area contributed by atoms with Crippen molar-refractivity contribution in [3.8, 4) is 0 Å². The smallest absolute Gasteiger partial charge is 0.374 e. The monoisotopic (exact) mass is 364 g/mol. The van der Waals surface area contributed by atoms with E-state index >= 15 is 0 Å². The van der Waals surface area contributed by atoms with Gasteiger partial charge in [0.05, 0.1) is 0 Å². The molecule has 0 N–H and O–H groups in total. The first kappa shape index (κ1) is 19.7. The summed E-state index contributed by atoms with van der Waals surface area (Å²) >= 11 is 4.10. The zero-order valence-corrected chi connectivity index (χ0v) is 17.1. The molecule has 110 valence electrons. The number of hydrogen-bond acceptors (Lipinski definition) is 7. The van der Waals surface area contributed by atoms with Gasteiger partial charge < -0.3 is 13.3 Å². The molecule has 9 heteroatoms. The Balaban J connectivity index is 3.97. The van der Waals surface area contributed by atoms with Crippen LogP contribution in [0.4, 0.5) is 0 Å². The van der Waals surface area contributed by atoms with Crippen molar-refractivity contribution in [3.63, 3.8) is 0 Å². The molecular formula is C9H24O3S4Si2. The highest BCUT2D eigenvalue weighted by molar-refractivity contribution is 9.26. The number of rotatable bonds is 13. The van der Waals surface area contributed by atoms with Crippen LogP contribution < -0.4 is 0 Å². The van der Waals surface area contributed by atoms with Gasteiger partial charge in [-0.2, -0.15) is 0 Å². The average Bonchev–Trinajstić information content (AvgIpc) is 2.35. The highest BCUT2D eigenvalue weighted by Crippen LogP contribution is 2.36. The first-order valence-corrected chi connectivity index (χ1v) is 15.6. The summed E-state index contributed by atoms with van der Waals surface area (Å²) in [6, 6.07) is 2.25. The molecule has 0 spiro atoms. The lowest BCUT2D eigenvalue weighted by molar-refractivity contribution is 0.0712. The van der Waals surface area contributed by atoms with Gasteiger partial charge in [0.25, 0.3) is 0 Å². The molecule has 0 atom stereocenters. The van der Waals surface area contributed by atoms with Gasteiger partial charge in [-0.15, -0.1) is 10.2 Å². The van der Waals surface area contributed by atoms with Crippen LogP contribution in [-0.4, -0.2) is 37.3 Å². The normalized spacial score (nSPS) is 12.7. The van der Waals surface area contributed by atoms with E-state index < -0.39 is 8.80 Å². The number of thiol groups is 1. The first-order valence-electron chi connectivity index (χ1n) is 6.26. The van der Waals surface area contributed by atoms with Gasteiger partial charge in [0.1, 0.15) is 8.67 Å². The SMILES string of the molecule is CCO[Si](CCC[SiH2]SSSS)(OCC)OCC. The van der Waals surface area contributed by atoms with Crippen LogP contribution in [0.5, 0.6) is 0 Å². The van der Waals surface area contributed by atoms with Crippen molar-refractivity contribution in [2.24, 2.45) is 0 Å². The largest absolute Gasteiger partial charge is 0.500 e. The maximum Gasteiger partial charge on any atom is 0.500 e. The molecular weight excluding hydrogens is 341 g/mol. The summed E-state index contributed by atoms with van der Waals surface area (Å²) in [5, 5.41) is 0. The van der Waals surface area contributed by atoms with E-state index in [9.17, 15) is 0 Å². The fourth-order valence-corrected chi connectivity index (χ4v) is 15.3. The van der Waals surface area contributed by atoms with Gasteiger partial charge in [-0.05, 0) is 40.4 Å². The molecule has 0 aliphatic carbocycles. The minimum Gasteiger partial charge on any atom is -0.374 e. The summed E-state index contributed by atoms with van der Waals surface area (Å²) in [4.78, 5) is 0. The molecule has 0 rings (SSSR count). The molecule has 0 fully saturated rings. The Kier molecular flexibility index (Phi) is 15.0. The molecule has 0 bridgehead atoms. The van der Waals surface area contributed by atoms with Crippen LogP contribution in [0.1, 0.15) is 27.2 Å². The summed E-state index contributed by atoms with van der Waals surface area (Å²) < 4.78 is 17.5. The minimum absolute atomic E-state index is 0.0450. The van der Waals surface area contributed by atoms with Crippen molar-refractivity contribution in [3.05, 3.63) is 0 Å². The van der Waals surface area contributed by atoms with E-state index in [-0.39, 0.29) is 8.67 Å². The molecule has 0 unspecified atom stereocenters. The molecule has 0 saturated heterocycles. The summed E-state index contributed by atoms with van der Waals surface area (Å²) in [5.41, 5.74) is 0. The van der Waals surface area contributed by atoms with E-state index in [0.29, 0.717) is 19.8 Å². The van der Waals surface area contributed by atoms with Crippen LogP contribution in [0.3, 0.4) is 0 Å². The molecule has 3 nitrogen and oxygen atoms in total. The quantitative estimate of drug-likeness (QED) is 0.231. The predicted octanol–water partition coefficient (Wildman–Crippen LogP) is 3.80. The molecule has 0 heterocycles. The molecule has 0 aliphatic rings. The molecule has 0 aromatic rings. The van der Waals surface area contributed by atoms with Gasteiger partial charge in [-0.1, -0.05) is 24.1 Å². The van der Waals surface area contributed by atoms with Gasteiger partial charge in [0, 0.05) is 25.9 Å². The predicted molar refractivity (Wildman–Crippen MR) is 95.2 cm³/mol. The van der Waals surface area contributed by atoms with Crippen LogP contribution in [0.15, 0.2) is 0 Å². The van der Waals surface area contributed by atoms with Crippen LogP contribution >= 0.6 is 41.6 Å². The van der Waals surface area contributed by atoms with Crippen molar-refractivity contribution < 1.29 is 13.3 Å². The molecule has 0 radical (unpaired) electrons. The Hall–Kier alpha value is 1.71. The van der Waals surface area contributed by atoms with Gasteiger partial charge >= 0.3 is 8.80 Å². The number of hydrogen-bond donors (Lipinski definition) is 1. The van der Waals surface area contributed by atoms with Gasteiger partial charge in [-0.25, -0.2) is 0 Å². The van der Waals surface area contributed by atoms with E-state index in [1.54, 1.807) is 9.83 Å². The van der Waals surface area contributed by atoms with E-state index in [4.69, 9.17) is 13.3 Å². The first-order chi connectivity index (χ1) is 8.74. The second-order valence-electron chi connectivity index (χ2n) is 3.40. The third-order valence-electron chi connectivity index (χ3n) is 2.13.